The smallest absolute Gasteiger partial charge is 0.195 e. The van der Waals surface area contributed by atoms with Crippen molar-refractivity contribution in [2.24, 2.45) is 4.99 Å². The predicted octanol–water partition coefficient (Wildman–Crippen LogP) is 6.37. The monoisotopic (exact) mass is 402 g/mol. The molecule has 0 fully saturated rings. The zero-order valence-electron chi connectivity index (χ0n) is 17.8. The molecule has 0 spiro atoms. The van der Waals surface area contributed by atoms with Crippen molar-refractivity contribution < 1.29 is 0 Å². The lowest BCUT2D eigenvalue weighted by Gasteiger charge is -2.20. The van der Waals surface area contributed by atoms with Crippen molar-refractivity contribution in [2.45, 2.75) is 40.5 Å². The molecule has 5 heteroatoms. The van der Waals surface area contributed by atoms with Crippen LogP contribution in [0.2, 0.25) is 0 Å². The molecule has 0 radical (unpaired) electrons. The fourth-order valence-electron chi connectivity index (χ4n) is 3.75. The lowest BCUT2D eigenvalue weighted by molar-refractivity contribution is 0.870. The Morgan fingerprint density at radius 3 is 2.48 bits per heavy atom. The number of anilines is 1. The van der Waals surface area contributed by atoms with E-state index in [9.17, 15) is 5.26 Å². The molecule has 1 aromatic heterocycles. The maximum Gasteiger partial charge on any atom is 0.195 e. The van der Waals surface area contributed by atoms with E-state index in [4.69, 9.17) is 0 Å². The number of aromatic nitrogens is 1. The van der Waals surface area contributed by atoms with E-state index in [0.717, 1.165) is 27.2 Å². The first-order chi connectivity index (χ1) is 13.8. The third kappa shape index (κ3) is 4.23. The van der Waals surface area contributed by atoms with Crippen LogP contribution >= 0.6 is 11.3 Å². The average molecular weight is 403 g/mol. The van der Waals surface area contributed by atoms with Crippen LogP contribution in [-0.4, -0.2) is 18.2 Å². The molecule has 0 bridgehead atoms. The summed E-state index contributed by atoms with van der Waals surface area (Å²) in [6.07, 6.45) is 3.81. The van der Waals surface area contributed by atoms with Gasteiger partial charge in [-0.2, -0.15) is 5.26 Å². The summed E-state index contributed by atoms with van der Waals surface area (Å²) in [5.74, 6) is 0.315. The van der Waals surface area contributed by atoms with Crippen molar-refractivity contribution >= 4 is 39.2 Å². The highest BCUT2D eigenvalue weighted by atomic mass is 32.1. The highest BCUT2D eigenvalue weighted by Gasteiger charge is 2.18. The Bertz CT molecular complexity index is 1140. The van der Waals surface area contributed by atoms with E-state index in [1.165, 1.54) is 33.6 Å². The van der Waals surface area contributed by atoms with Crippen molar-refractivity contribution in [1.82, 2.24) is 4.98 Å². The molecule has 1 heterocycles. The van der Waals surface area contributed by atoms with Gasteiger partial charge in [-0.1, -0.05) is 37.6 Å². The Balaban J connectivity index is 2.24. The molecule has 0 unspecified atom stereocenters. The normalized spacial score (nSPS) is 12.1. The molecule has 148 valence electrons. The first-order valence-corrected chi connectivity index (χ1v) is 10.5. The molecular weight excluding hydrogens is 376 g/mol. The molecule has 0 aliphatic heterocycles. The first kappa shape index (κ1) is 20.8. The summed E-state index contributed by atoms with van der Waals surface area (Å²) in [7, 11) is 1.77. The number of thiazole rings is 1. The Labute approximate surface area is 176 Å². The lowest BCUT2D eigenvalue weighted by Crippen LogP contribution is -2.07. The van der Waals surface area contributed by atoms with E-state index in [1.54, 1.807) is 13.3 Å². The Kier molecular flexibility index (Phi) is 6.14. The van der Waals surface area contributed by atoms with Crippen LogP contribution in [-0.2, 0) is 0 Å². The number of nitrogens with zero attached hydrogens (tertiary/aromatic N) is 3. The van der Waals surface area contributed by atoms with E-state index >= 15 is 0 Å². The second-order valence-electron chi connectivity index (χ2n) is 7.55. The van der Waals surface area contributed by atoms with Crippen molar-refractivity contribution in [3.8, 4) is 6.07 Å². The molecule has 0 saturated carbocycles. The van der Waals surface area contributed by atoms with Gasteiger partial charge in [-0.15, -0.1) is 11.3 Å². The molecule has 29 heavy (non-hydrogen) atoms. The summed E-state index contributed by atoms with van der Waals surface area (Å²) in [6, 6.07) is 10.8. The van der Waals surface area contributed by atoms with Crippen LogP contribution in [0, 0.1) is 32.1 Å². The largest absolute Gasteiger partial charge is 0.353 e. The van der Waals surface area contributed by atoms with Crippen LogP contribution in [0.3, 0.4) is 0 Å². The number of hydrogen-bond donors (Lipinski definition) is 1. The topological polar surface area (TPSA) is 61.1 Å². The minimum absolute atomic E-state index is 0.315. The number of hydrogen-bond acceptors (Lipinski definition) is 5. The molecule has 0 amide bonds. The molecular formula is C24H26N4S. The number of nitriles is 1. The SMILES string of the molecule is CN=C/C=C(\Nc1c(C(C)C)ccc2sc(C#N)nc12)c1c(C)cc(C)cc1C. The second kappa shape index (κ2) is 8.59. The number of allylic oxidation sites excluding steroid dienone is 1. The summed E-state index contributed by atoms with van der Waals surface area (Å²) in [5.41, 5.74) is 8.79. The molecule has 0 atom stereocenters. The average Bonchev–Trinajstić information content (AvgIpc) is 3.08. The predicted molar refractivity (Wildman–Crippen MR) is 125 cm³/mol. The van der Waals surface area contributed by atoms with Gasteiger partial charge >= 0.3 is 0 Å². The van der Waals surface area contributed by atoms with E-state index in [1.807, 2.05) is 6.08 Å². The molecule has 0 saturated heterocycles. The van der Waals surface area contributed by atoms with Gasteiger partial charge in [-0.3, -0.25) is 4.99 Å². The van der Waals surface area contributed by atoms with E-state index < -0.39 is 0 Å². The molecule has 0 aliphatic carbocycles. The van der Waals surface area contributed by atoms with Crippen molar-refractivity contribution in [3.63, 3.8) is 0 Å². The number of aliphatic imine (C=N–C) groups is 1. The van der Waals surface area contributed by atoms with Gasteiger partial charge in [0.25, 0.3) is 0 Å². The van der Waals surface area contributed by atoms with Crippen LogP contribution in [0.15, 0.2) is 35.3 Å². The lowest BCUT2D eigenvalue weighted by atomic mass is 9.95. The standard InChI is InChI=1S/C24H26N4S/c1-14(2)18-7-8-20-24(28-21(13-25)29-20)23(18)27-19(9-10-26-6)22-16(4)11-15(3)12-17(22)5/h7-12,14,27H,1-6H3/b19-9-,26-10?. The van der Waals surface area contributed by atoms with Gasteiger partial charge in [0, 0.05) is 24.5 Å². The summed E-state index contributed by atoms with van der Waals surface area (Å²) in [4.78, 5) is 8.75. The third-order valence-electron chi connectivity index (χ3n) is 4.91. The maximum atomic E-state index is 9.33. The highest BCUT2D eigenvalue weighted by molar-refractivity contribution is 7.19. The molecule has 4 nitrogen and oxygen atoms in total. The van der Waals surface area contributed by atoms with Gasteiger partial charge in [-0.05, 0) is 55.5 Å². The minimum Gasteiger partial charge on any atom is -0.353 e. The van der Waals surface area contributed by atoms with Crippen molar-refractivity contribution in [1.29, 1.82) is 5.26 Å². The summed E-state index contributed by atoms with van der Waals surface area (Å²) in [6.45, 7) is 10.7. The number of benzene rings is 2. The van der Waals surface area contributed by atoms with Gasteiger partial charge in [0.1, 0.15) is 11.6 Å². The van der Waals surface area contributed by atoms with Crippen LogP contribution in [0.1, 0.15) is 52.6 Å². The first-order valence-electron chi connectivity index (χ1n) is 9.67. The zero-order valence-corrected chi connectivity index (χ0v) is 18.6. The van der Waals surface area contributed by atoms with E-state index in [2.05, 4.69) is 80.2 Å². The van der Waals surface area contributed by atoms with Gasteiger partial charge in [-0.25, -0.2) is 4.98 Å². The van der Waals surface area contributed by atoms with E-state index in [0.29, 0.717) is 10.9 Å². The molecule has 2 aromatic carbocycles. The van der Waals surface area contributed by atoms with Gasteiger partial charge in [0.15, 0.2) is 5.01 Å². The maximum absolute atomic E-state index is 9.33. The molecule has 0 aliphatic rings. The fraction of sp³-hybridized carbons (Fsp3) is 0.292. The van der Waals surface area contributed by atoms with Crippen LogP contribution in [0.4, 0.5) is 5.69 Å². The van der Waals surface area contributed by atoms with Gasteiger partial charge in [0.05, 0.1) is 10.4 Å². The number of nitrogens with one attached hydrogen (secondary N) is 1. The highest BCUT2D eigenvalue weighted by Crippen LogP contribution is 2.37. The fourth-order valence-corrected chi connectivity index (χ4v) is 4.52. The van der Waals surface area contributed by atoms with E-state index in [-0.39, 0.29) is 0 Å². The second-order valence-corrected chi connectivity index (χ2v) is 8.58. The quantitative estimate of drug-likeness (QED) is 0.504. The Morgan fingerprint density at radius 1 is 1.21 bits per heavy atom. The summed E-state index contributed by atoms with van der Waals surface area (Å²) >= 11 is 1.42. The van der Waals surface area contributed by atoms with Gasteiger partial charge in [0.2, 0.25) is 0 Å². The molecule has 1 N–H and O–H groups in total. The van der Waals surface area contributed by atoms with Crippen LogP contribution < -0.4 is 5.32 Å². The summed E-state index contributed by atoms with van der Waals surface area (Å²) < 4.78 is 1.01. The number of fused-ring (bicyclic) bond motifs is 1. The van der Waals surface area contributed by atoms with Crippen LogP contribution in [0.25, 0.3) is 15.9 Å². The van der Waals surface area contributed by atoms with Crippen molar-refractivity contribution in [2.75, 3.05) is 12.4 Å². The number of rotatable bonds is 5. The van der Waals surface area contributed by atoms with Crippen LogP contribution in [0.5, 0.6) is 0 Å². The third-order valence-corrected chi connectivity index (χ3v) is 5.83. The molecule has 3 rings (SSSR count). The van der Waals surface area contributed by atoms with Crippen molar-refractivity contribution in [3.05, 3.63) is 63.2 Å². The Morgan fingerprint density at radius 2 is 1.90 bits per heavy atom. The zero-order chi connectivity index (χ0) is 21.1. The van der Waals surface area contributed by atoms with Gasteiger partial charge < -0.3 is 5.32 Å². The minimum atomic E-state index is 0.315. The molecule has 3 aromatic rings. The Hall–Kier alpha value is -2.97. The number of aryl methyl sites for hydroxylation is 3. The summed E-state index contributed by atoms with van der Waals surface area (Å²) in [5, 5.41) is 13.5.